The van der Waals surface area contributed by atoms with E-state index in [0.29, 0.717) is 0 Å². The number of guanidine groups is 1. The first-order valence-corrected chi connectivity index (χ1v) is 5.48. The van der Waals surface area contributed by atoms with Gasteiger partial charge in [0.15, 0.2) is 5.96 Å². The molecule has 80 valence electrons. The van der Waals surface area contributed by atoms with Gasteiger partial charge < -0.3 is 11.5 Å². The van der Waals surface area contributed by atoms with E-state index >= 15 is 0 Å². The number of rotatable bonds is 1. The van der Waals surface area contributed by atoms with Crippen molar-refractivity contribution in [3.8, 4) is 0 Å². The average molecular weight is 203 g/mol. The number of fused-ring (bicyclic) bond motifs is 1. The second-order valence-corrected chi connectivity index (χ2v) is 4.01. The third-order valence-corrected chi connectivity index (χ3v) is 2.87. The van der Waals surface area contributed by atoms with Gasteiger partial charge in [0.1, 0.15) is 0 Å². The second-order valence-electron chi connectivity index (χ2n) is 4.01. The lowest BCUT2D eigenvalue weighted by Gasteiger charge is -2.08. The van der Waals surface area contributed by atoms with Crippen LogP contribution in [0.3, 0.4) is 0 Å². The normalized spacial score (nSPS) is 15.2. The lowest BCUT2D eigenvalue weighted by molar-refractivity contribution is 0.712. The molecular weight excluding hydrogens is 186 g/mol. The standard InChI is InChI=1S/C12H17N3/c13-12(14)15-11-8-4-6-9-5-2-1-3-7-10(9)11/h4,6,8H,1-3,5,7H2,(H4,13,14,15). The number of aryl methyl sites for hydroxylation is 1. The minimum atomic E-state index is 0.146. The number of hydrogen-bond donors (Lipinski definition) is 2. The van der Waals surface area contributed by atoms with E-state index in [-0.39, 0.29) is 5.96 Å². The highest BCUT2D eigenvalue weighted by Crippen LogP contribution is 2.28. The fourth-order valence-electron chi connectivity index (χ4n) is 2.18. The van der Waals surface area contributed by atoms with Gasteiger partial charge in [-0.05, 0) is 42.9 Å². The van der Waals surface area contributed by atoms with Crippen LogP contribution < -0.4 is 11.5 Å². The maximum Gasteiger partial charge on any atom is 0.191 e. The van der Waals surface area contributed by atoms with E-state index < -0.39 is 0 Å². The number of hydrogen-bond acceptors (Lipinski definition) is 1. The molecule has 0 heterocycles. The van der Waals surface area contributed by atoms with Gasteiger partial charge in [-0.25, -0.2) is 4.99 Å². The van der Waals surface area contributed by atoms with Gasteiger partial charge in [0, 0.05) is 0 Å². The number of nitrogens with two attached hydrogens (primary N) is 2. The molecule has 0 amide bonds. The van der Waals surface area contributed by atoms with E-state index in [9.17, 15) is 0 Å². The van der Waals surface area contributed by atoms with Crippen LogP contribution in [0.25, 0.3) is 0 Å². The Hall–Kier alpha value is -1.51. The van der Waals surface area contributed by atoms with Crippen LogP contribution in [0.15, 0.2) is 23.2 Å². The topological polar surface area (TPSA) is 64.4 Å². The molecule has 1 aromatic carbocycles. The van der Waals surface area contributed by atoms with Gasteiger partial charge in [0.05, 0.1) is 5.69 Å². The highest BCUT2D eigenvalue weighted by atomic mass is 15.0. The Labute approximate surface area is 90.2 Å². The smallest absolute Gasteiger partial charge is 0.191 e. The molecule has 0 aliphatic heterocycles. The third kappa shape index (κ3) is 2.29. The predicted octanol–water partition coefficient (Wildman–Crippen LogP) is 1.86. The van der Waals surface area contributed by atoms with E-state index in [2.05, 4.69) is 11.1 Å². The maximum atomic E-state index is 5.42. The Bertz CT molecular complexity index is 378. The number of nitrogens with zero attached hydrogens (tertiary/aromatic N) is 1. The Balaban J connectivity index is 2.43. The van der Waals surface area contributed by atoms with Crippen molar-refractivity contribution >= 4 is 11.6 Å². The molecule has 1 aliphatic carbocycles. The molecule has 0 unspecified atom stereocenters. The van der Waals surface area contributed by atoms with Gasteiger partial charge >= 0.3 is 0 Å². The van der Waals surface area contributed by atoms with Crippen molar-refractivity contribution in [3.63, 3.8) is 0 Å². The van der Waals surface area contributed by atoms with Crippen LogP contribution in [0, 0.1) is 0 Å². The molecule has 15 heavy (non-hydrogen) atoms. The van der Waals surface area contributed by atoms with Crippen LogP contribution >= 0.6 is 0 Å². The molecule has 1 aliphatic rings. The van der Waals surface area contributed by atoms with Gasteiger partial charge in [0.2, 0.25) is 0 Å². The summed E-state index contributed by atoms with van der Waals surface area (Å²) in [5.74, 6) is 0.146. The summed E-state index contributed by atoms with van der Waals surface area (Å²) >= 11 is 0. The van der Waals surface area contributed by atoms with Gasteiger partial charge in [0.25, 0.3) is 0 Å². The molecule has 0 spiro atoms. The van der Waals surface area contributed by atoms with Gasteiger partial charge in [-0.3, -0.25) is 0 Å². The molecule has 1 aromatic rings. The summed E-state index contributed by atoms with van der Waals surface area (Å²) in [5.41, 5.74) is 14.6. The molecular formula is C12H17N3. The first-order chi connectivity index (χ1) is 7.27. The predicted molar refractivity (Wildman–Crippen MR) is 63.2 cm³/mol. The van der Waals surface area contributed by atoms with Crippen molar-refractivity contribution in [2.24, 2.45) is 16.5 Å². The minimum absolute atomic E-state index is 0.146. The van der Waals surface area contributed by atoms with Crippen LogP contribution in [-0.2, 0) is 12.8 Å². The molecule has 0 bridgehead atoms. The van der Waals surface area contributed by atoms with Crippen molar-refractivity contribution in [2.75, 3.05) is 0 Å². The summed E-state index contributed by atoms with van der Waals surface area (Å²) in [6, 6.07) is 6.21. The Kier molecular flexibility index (Phi) is 2.90. The zero-order valence-electron chi connectivity index (χ0n) is 8.87. The SMILES string of the molecule is NC(N)=Nc1cccc2c1CCCCC2. The fraction of sp³-hybridized carbons (Fsp3) is 0.417. The molecule has 0 saturated heterocycles. The summed E-state index contributed by atoms with van der Waals surface area (Å²) in [6.07, 6.45) is 6.07. The molecule has 4 N–H and O–H groups in total. The summed E-state index contributed by atoms with van der Waals surface area (Å²) < 4.78 is 0. The van der Waals surface area contributed by atoms with E-state index in [0.717, 1.165) is 18.5 Å². The van der Waals surface area contributed by atoms with Crippen molar-refractivity contribution in [1.82, 2.24) is 0 Å². The fourth-order valence-corrected chi connectivity index (χ4v) is 2.18. The van der Waals surface area contributed by atoms with Crippen molar-refractivity contribution in [2.45, 2.75) is 32.1 Å². The van der Waals surface area contributed by atoms with Crippen molar-refractivity contribution in [3.05, 3.63) is 29.3 Å². The summed E-state index contributed by atoms with van der Waals surface area (Å²) in [6.45, 7) is 0. The van der Waals surface area contributed by atoms with Crippen molar-refractivity contribution in [1.29, 1.82) is 0 Å². The lowest BCUT2D eigenvalue weighted by atomic mass is 10.0. The quantitative estimate of drug-likeness (QED) is 0.415. The number of aliphatic imine (C=N–C) groups is 1. The van der Waals surface area contributed by atoms with Crippen molar-refractivity contribution < 1.29 is 0 Å². The Morgan fingerprint density at radius 3 is 2.67 bits per heavy atom. The lowest BCUT2D eigenvalue weighted by Crippen LogP contribution is -2.22. The third-order valence-electron chi connectivity index (χ3n) is 2.87. The molecule has 0 radical (unpaired) electrons. The number of benzene rings is 1. The molecule has 0 saturated carbocycles. The second kappa shape index (κ2) is 4.34. The molecule has 0 atom stereocenters. The van der Waals surface area contributed by atoms with Crippen LogP contribution in [-0.4, -0.2) is 5.96 Å². The van der Waals surface area contributed by atoms with Crippen LogP contribution in [0.1, 0.15) is 30.4 Å². The minimum Gasteiger partial charge on any atom is -0.370 e. The zero-order valence-corrected chi connectivity index (χ0v) is 8.87. The highest BCUT2D eigenvalue weighted by Gasteiger charge is 2.11. The first kappa shape index (κ1) is 10.0. The van der Waals surface area contributed by atoms with E-state index in [1.165, 1.54) is 30.4 Å². The zero-order chi connectivity index (χ0) is 10.7. The molecule has 3 heteroatoms. The van der Waals surface area contributed by atoms with Crippen LogP contribution in [0.5, 0.6) is 0 Å². The van der Waals surface area contributed by atoms with Gasteiger partial charge in [-0.1, -0.05) is 18.6 Å². The average Bonchev–Trinajstić information content (AvgIpc) is 2.42. The molecule has 0 aromatic heterocycles. The molecule has 0 fully saturated rings. The van der Waals surface area contributed by atoms with E-state index in [1.54, 1.807) is 0 Å². The van der Waals surface area contributed by atoms with Gasteiger partial charge in [-0.15, -0.1) is 0 Å². The van der Waals surface area contributed by atoms with E-state index in [4.69, 9.17) is 11.5 Å². The highest BCUT2D eigenvalue weighted by molar-refractivity contribution is 5.79. The Morgan fingerprint density at radius 1 is 1.07 bits per heavy atom. The van der Waals surface area contributed by atoms with Crippen LogP contribution in [0.2, 0.25) is 0 Å². The summed E-state index contributed by atoms with van der Waals surface area (Å²) in [7, 11) is 0. The molecule has 2 rings (SSSR count). The van der Waals surface area contributed by atoms with Crippen LogP contribution in [0.4, 0.5) is 5.69 Å². The van der Waals surface area contributed by atoms with E-state index in [1.807, 2.05) is 12.1 Å². The first-order valence-electron chi connectivity index (χ1n) is 5.48. The maximum absolute atomic E-state index is 5.42. The summed E-state index contributed by atoms with van der Waals surface area (Å²) in [4.78, 5) is 4.19. The summed E-state index contributed by atoms with van der Waals surface area (Å²) in [5, 5.41) is 0. The van der Waals surface area contributed by atoms with Gasteiger partial charge in [-0.2, -0.15) is 0 Å². The Morgan fingerprint density at radius 2 is 1.87 bits per heavy atom. The monoisotopic (exact) mass is 203 g/mol. The molecule has 3 nitrogen and oxygen atoms in total. The largest absolute Gasteiger partial charge is 0.370 e.